The Balaban J connectivity index is 2.17. The lowest BCUT2D eigenvalue weighted by atomic mass is 9.92. The van der Waals surface area contributed by atoms with Crippen molar-refractivity contribution in [1.29, 1.82) is 0 Å². The molecular weight excluding hydrogens is 436 g/mol. The molecule has 0 spiro atoms. The van der Waals surface area contributed by atoms with Gasteiger partial charge in [-0.05, 0) is 36.0 Å². The van der Waals surface area contributed by atoms with E-state index in [0.29, 0.717) is 0 Å². The minimum atomic E-state index is -3.44. The summed E-state index contributed by atoms with van der Waals surface area (Å²) in [6.45, 7) is 0. The van der Waals surface area contributed by atoms with Gasteiger partial charge >= 0.3 is 30.0 Å². The minimum Gasteiger partial charge on any atom is -0.481 e. The predicted octanol–water partition coefficient (Wildman–Crippen LogP) is 1.56. The van der Waals surface area contributed by atoms with Crippen LogP contribution in [0.2, 0.25) is 0 Å². The highest BCUT2D eigenvalue weighted by molar-refractivity contribution is 7.73. The first-order valence-corrected chi connectivity index (χ1v) is 11.3. The van der Waals surface area contributed by atoms with E-state index in [1.54, 1.807) is 0 Å². The van der Waals surface area contributed by atoms with Crippen molar-refractivity contribution in [3.63, 3.8) is 0 Å². The number of aliphatic carboxylic acids is 1. The van der Waals surface area contributed by atoms with Crippen molar-refractivity contribution in [3.05, 3.63) is 0 Å². The molecule has 0 aromatic rings. The number of carboxylic acids is 1. The highest BCUT2D eigenvalue weighted by Gasteiger charge is 2.72. The molecule has 0 aromatic heterocycles. The Kier molecular flexibility index (Phi) is 7.87. The van der Waals surface area contributed by atoms with E-state index in [0.717, 1.165) is 25.7 Å². The highest BCUT2D eigenvalue weighted by atomic mass is 35.5. The molecule has 0 aromatic carbocycles. The Bertz CT molecular complexity index is 635. The van der Waals surface area contributed by atoms with Gasteiger partial charge in [0.1, 0.15) is 0 Å². The first kappa shape index (κ1) is 23.1. The molecule has 1 aliphatic carbocycles. The molecular formula is C15H23Cl2N3O7P+. The summed E-state index contributed by atoms with van der Waals surface area (Å²) in [6, 6.07) is -0.175. The first-order valence-electron chi connectivity index (χ1n) is 8.81. The Labute approximate surface area is 172 Å². The maximum atomic E-state index is 12.2. The van der Waals surface area contributed by atoms with E-state index in [-0.39, 0.29) is 24.9 Å². The molecule has 2 fully saturated rings. The van der Waals surface area contributed by atoms with Crippen molar-refractivity contribution in [2.24, 2.45) is 5.73 Å². The van der Waals surface area contributed by atoms with E-state index in [2.05, 4.69) is 10.2 Å². The number of nitrogens with one attached hydrogen (secondary N) is 2. The molecule has 10 nitrogen and oxygen atoms in total. The summed E-state index contributed by atoms with van der Waals surface area (Å²) in [4.78, 5) is 45.8. The number of primary amides is 1. The zero-order chi connectivity index (χ0) is 20.9. The van der Waals surface area contributed by atoms with E-state index < -0.39 is 48.7 Å². The average Bonchev–Trinajstić information content (AvgIpc) is 2.97. The van der Waals surface area contributed by atoms with Crippen LogP contribution in [0.15, 0.2) is 0 Å². The molecule has 1 saturated carbocycles. The van der Waals surface area contributed by atoms with E-state index in [9.17, 15) is 19.2 Å². The van der Waals surface area contributed by atoms with E-state index in [1.165, 1.54) is 0 Å². The second-order valence-electron chi connectivity index (χ2n) is 6.65. The molecule has 1 aliphatic heterocycles. The molecule has 13 heteroatoms. The third kappa shape index (κ3) is 5.90. The number of hydrogen-bond acceptors (Lipinski definition) is 8. The van der Waals surface area contributed by atoms with E-state index in [1.807, 2.05) is 0 Å². The number of carbonyl (C=O) groups is 4. The molecule has 2 rings (SSSR count). The summed E-state index contributed by atoms with van der Waals surface area (Å²) in [5.74, 6) is -3.58. The summed E-state index contributed by atoms with van der Waals surface area (Å²) in [6.07, 6.45) is 2.07. The number of nitrogens with two attached hydrogens (primary N) is 1. The molecule has 2 atom stereocenters. The van der Waals surface area contributed by atoms with Crippen LogP contribution in [0, 0.1) is 0 Å². The van der Waals surface area contributed by atoms with Gasteiger partial charge in [0.2, 0.25) is 5.91 Å². The van der Waals surface area contributed by atoms with E-state index >= 15 is 0 Å². The third-order valence-electron chi connectivity index (χ3n) is 4.42. The lowest BCUT2D eigenvalue weighted by molar-refractivity contribution is -0.147. The molecule has 0 bridgehead atoms. The van der Waals surface area contributed by atoms with Crippen molar-refractivity contribution in [2.75, 3.05) is 0 Å². The standard InChI is InChI=1S/C15H22Cl2N3O7P/c16-15(17,26-13(24)7-5-11(18)21)28(27-14(25)8-6-12(22)23)19-9-3-1-2-4-10(9)20-28/h9-10,19-20H,1-8H2,(H2-,18,21,22,23)/p+1. The van der Waals surface area contributed by atoms with Gasteiger partial charge in [-0.25, -0.2) is 4.79 Å². The molecule has 158 valence electrons. The third-order valence-corrected chi connectivity index (χ3v) is 8.70. The molecule has 1 saturated heterocycles. The van der Waals surface area contributed by atoms with Gasteiger partial charge in [-0.3, -0.25) is 18.9 Å². The number of ether oxygens (including phenoxy) is 1. The van der Waals surface area contributed by atoms with Gasteiger partial charge in [-0.15, -0.1) is 10.2 Å². The molecule has 2 aliphatic rings. The number of halogens is 2. The van der Waals surface area contributed by atoms with Crippen molar-refractivity contribution in [2.45, 2.75) is 67.7 Å². The summed E-state index contributed by atoms with van der Waals surface area (Å²) >= 11 is 12.6. The lowest BCUT2D eigenvalue weighted by Gasteiger charge is -2.28. The van der Waals surface area contributed by atoms with Gasteiger partial charge in [-0.2, -0.15) is 0 Å². The Morgan fingerprint density at radius 2 is 1.54 bits per heavy atom. The number of alkyl halides is 2. The van der Waals surface area contributed by atoms with Gasteiger partial charge < -0.3 is 15.6 Å². The van der Waals surface area contributed by atoms with Crippen LogP contribution in [0.25, 0.3) is 0 Å². The molecule has 2 unspecified atom stereocenters. The quantitative estimate of drug-likeness (QED) is 0.228. The van der Waals surface area contributed by atoms with Crippen LogP contribution in [0.1, 0.15) is 51.4 Å². The number of hydrogen-bond donors (Lipinski definition) is 4. The van der Waals surface area contributed by atoms with Gasteiger partial charge in [-0.1, -0.05) is 12.8 Å². The Morgan fingerprint density at radius 3 is 2.04 bits per heavy atom. The number of carboxylic acid groups (broad SMARTS) is 1. The van der Waals surface area contributed by atoms with Crippen molar-refractivity contribution in [1.82, 2.24) is 10.2 Å². The normalized spacial score (nSPS) is 26.9. The van der Waals surface area contributed by atoms with Crippen LogP contribution < -0.4 is 15.9 Å². The largest absolute Gasteiger partial charge is 0.481 e. The Morgan fingerprint density at radius 1 is 1.00 bits per heavy atom. The number of amides is 1. The molecule has 1 amide bonds. The minimum absolute atomic E-state index is 0.0875. The SMILES string of the molecule is NC(=O)CCC(=O)OC(Cl)(Cl)[P+]1(OC(=O)CCC(=O)O)NC2CCCCC2N1. The molecule has 5 N–H and O–H groups in total. The zero-order valence-electron chi connectivity index (χ0n) is 15.0. The fraction of sp³-hybridized carbons (Fsp3) is 0.733. The van der Waals surface area contributed by atoms with Crippen LogP contribution in [-0.2, 0) is 28.4 Å². The van der Waals surface area contributed by atoms with Crippen LogP contribution in [-0.4, -0.2) is 45.3 Å². The fourth-order valence-corrected chi connectivity index (χ4v) is 6.82. The lowest BCUT2D eigenvalue weighted by Crippen LogP contribution is -2.39. The summed E-state index contributed by atoms with van der Waals surface area (Å²) in [7, 11) is -3.44. The number of fused-ring (bicyclic) bond motifs is 1. The van der Waals surface area contributed by atoms with Crippen molar-refractivity contribution < 1.29 is 33.5 Å². The number of carbonyl (C=O) groups excluding carboxylic acids is 3. The zero-order valence-corrected chi connectivity index (χ0v) is 17.4. The number of rotatable bonds is 9. The van der Waals surface area contributed by atoms with E-state index in [4.69, 9.17) is 43.3 Å². The van der Waals surface area contributed by atoms with Gasteiger partial charge in [0.15, 0.2) is 0 Å². The average molecular weight is 459 g/mol. The molecule has 1 heterocycles. The van der Waals surface area contributed by atoms with Crippen LogP contribution in [0.5, 0.6) is 0 Å². The molecule has 28 heavy (non-hydrogen) atoms. The monoisotopic (exact) mass is 458 g/mol. The predicted molar refractivity (Wildman–Crippen MR) is 101 cm³/mol. The van der Waals surface area contributed by atoms with Crippen LogP contribution in [0.3, 0.4) is 0 Å². The molecule has 0 radical (unpaired) electrons. The number of esters is 1. The van der Waals surface area contributed by atoms with Gasteiger partial charge in [0.25, 0.3) is 0 Å². The Hall–Kier alpha value is -1.19. The van der Waals surface area contributed by atoms with Crippen molar-refractivity contribution >= 4 is 54.8 Å². The second-order valence-corrected chi connectivity index (χ2v) is 11.0. The smallest absolute Gasteiger partial charge is 0.442 e. The summed E-state index contributed by atoms with van der Waals surface area (Å²) < 4.78 is 8.34. The van der Waals surface area contributed by atoms with Crippen molar-refractivity contribution in [3.8, 4) is 0 Å². The van der Waals surface area contributed by atoms with Gasteiger partial charge in [0, 0.05) is 6.42 Å². The van der Waals surface area contributed by atoms with Crippen LogP contribution in [0.4, 0.5) is 0 Å². The maximum Gasteiger partial charge on any atom is 0.442 e. The van der Waals surface area contributed by atoms with Crippen LogP contribution >= 0.6 is 31.0 Å². The van der Waals surface area contributed by atoms with Gasteiger partial charge in [0.05, 0.1) is 31.3 Å². The maximum absolute atomic E-state index is 12.2. The highest BCUT2D eigenvalue weighted by Crippen LogP contribution is 2.71. The second kappa shape index (κ2) is 9.54. The fourth-order valence-electron chi connectivity index (χ4n) is 3.09. The summed E-state index contributed by atoms with van der Waals surface area (Å²) in [5.41, 5.74) is 5.01. The topological polar surface area (TPSA) is 157 Å². The summed E-state index contributed by atoms with van der Waals surface area (Å²) in [5, 5.41) is 15.0. The first-order chi connectivity index (χ1) is 13.0.